The average molecular weight is 399 g/mol. The minimum atomic E-state index is -4.34. The van der Waals surface area contributed by atoms with Crippen molar-refractivity contribution in [1.29, 1.82) is 0 Å². The Kier molecular flexibility index (Phi) is 6.46. The van der Waals surface area contributed by atoms with Crippen molar-refractivity contribution < 1.29 is 17.7 Å². The first-order valence-electron chi connectivity index (χ1n) is 6.81. The van der Waals surface area contributed by atoms with Crippen molar-refractivity contribution >= 4 is 72.6 Å². The molecule has 0 bridgehead atoms. The van der Waals surface area contributed by atoms with Gasteiger partial charge < -0.3 is 4.74 Å². The molecule has 1 aromatic heterocycles. The first-order chi connectivity index (χ1) is 10.4. The Hall–Kier alpha value is 0.200. The van der Waals surface area contributed by atoms with E-state index in [1.165, 1.54) is 16.4 Å². The second-order valence-corrected chi connectivity index (χ2v) is 9.25. The second kappa shape index (κ2) is 7.61. The summed E-state index contributed by atoms with van der Waals surface area (Å²) < 4.78 is 39.2. The van der Waals surface area contributed by atoms with Gasteiger partial charge in [0, 0.05) is 5.56 Å². The predicted molar refractivity (Wildman–Crippen MR) is 98.6 cm³/mol. The molecule has 0 saturated heterocycles. The first kappa shape index (κ1) is 19.5. The summed E-state index contributed by atoms with van der Waals surface area (Å²) in [5, 5.41) is 0. The van der Waals surface area contributed by atoms with E-state index >= 15 is 0 Å². The fourth-order valence-corrected chi connectivity index (χ4v) is 6.18. The molecule has 0 unspecified atom stereocenters. The summed E-state index contributed by atoms with van der Waals surface area (Å²) in [7, 11) is -1.25. The van der Waals surface area contributed by atoms with Gasteiger partial charge in [-0.3, -0.25) is 4.55 Å². The quantitative estimate of drug-likeness (QED) is 0.368. The zero-order valence-electron chi connectivity index (χ0n) is 11.8. The van der Waals surface area contributed by atoms with E-state index in [1.807, 2.05) is 6.92 Å². The molecule has 0 amide bonds. The number of aryl methyl sites for hydroxylation is 1. The van der Waals surface area contributed by atoms with E-state index in [9.17, 15) is 13.0 Å². The number of fused-ring (bicyclic) bond motifs is 3. The molecule has 0 radical (unpaired) electrons. The molecule has 9 heteroatoms. The maximum absolute atomic E-state index is 11.7. The summed E-state index contributed by atoms with van der Waals surface area (Å²) in [6.07, 6.45) is 2.42. The van der Waals surface area contributed by atoms with Crippen molar-refractivity contribution in [2.24, 2.45) is 0 Å². The average Bonchev–Trinajstić information content (AvgIpc) is 2.85. The number of rotatable bonds is 4. The molecule has 0 saturated carbocycles. The van der Waals surface area contributed by atoms with Gasteiger partial charge in [0.1, 0.15) is 14.5 Å². The third kappa shape index (κ3) is 3.90. The molecule has 23 heavy (non-hydrogen) atoms. The Morgan fingerprint density at radius 1 is 1.30 bits per heavy atom. The molecule has 4 nitrogen and oxygen atoms in total. The molecule has 3 rings (SSSR count). The molecule has 1 aliphatic carbocycles. The summed E-state index contributed by atoms with van der Waals surface area (Å²) >= 11 is 5.33. The number of hydrogen-bond donors (Lipinski definition) is 1. The fourth-order valence-electron chi connectivity index (χ4n) is 2.50. The van der Waals surface area contributed by atoms with Gasteiger partial charge in [0.15, 0.2) is 0 Å². The van der Waals surface area contributed by atoms with Crippen LogP contribution >= 0.6 is 32.9 Å². The van der Waals surface area contributed by atoms with Crippen molar-refractivity contribution in [3.8, 4) is 16.2 Å². The van der Waals surface area contributed by atoms with E-state index in [2.05, 4.69) is 0 Å². The van der Waals surface area contributed by atoms with Gasteiger partial charge in [-0.05, 0) is 42.5 Å². The Bertz CT molecular complexity index is 883. The van der Waals surface area contributed by atoms with Gasteiger partial charge in [-0.1, -0.05) is 39.8 Å². The van der Waals surface area contributed by atoms with E-state index in [0.29, 0.717) is 6.61 Å². The second-order valence-electron chi connectivity index (χ2n) is 5.04. The van der Waals surface area contributed by atoms with Crippen molar-refractivity contribution in [3.05, 3.63) is 27.1 Å². The normalized spacial score (nSPS) is 13.0. The third-order valence-corrected chi connectivity index (χ3v) is 7.57. The Morgan fingerprint density at radius 2 is 2.04 bits per heavy atom. The molecule has 1 N–H and O–H groups in total. The van der Waals surface area contributed by atoms with Crippen molar-refractivity contribution in [2.45, 2.75) is 31.1 Å². The molecule has 0 atom stereocenters. The molecule has 1 heterocycles. The standard InChI is InChI=1S/C14H14O4S4.Na.H/c1-2-5-18-11-6-8-3-4-9-13(20-21-14(9)19)10(8)7-12(11)22(15,16)17;;/h6-7H,2-5H2,1H3,(H,15,16,17);;. The van der Waals surface area contributed by atoms with Crippen LogP contribution in [0, 0.1) is 3.82 Å². The van der Waals surface area contributed by atoms with Crippen LogP contribution in [0.4, 0.5) is 0 Å². The monoisotopic (exact) mass is 398 g/mol. The van der Waals surface area contributed by atoms with E-state index < -0.39 is 10.1 Å². The van der Waals surface area contributed by atoms with Crippen LogP contribution < -0.4 is 4.74 Å². The van der Waals surface area contributed by atoms with Gasteiger partial charge in [0.05, 0.1) is 11.5 Å². The zero-order chi connectivity index (χ0) is 15.9. The van der Waals surface area contributed by atoms with Crippen LogP contribution in [0.1, 0.15) is 24.5 Å². The van der Waals surface area contributed by atoms with Crippen molar-refractivity contribution in [1.82, 2.24) is 0 Å². The van der Waals surface area contributed by atoms with Crippen LogP contribution in [-0.2, 0) is 23.0 Å². The molecule has 0 spiro atoms. The van der Waals surface area contributed by atoms with Gasteiger partial charge in [-0.15, -0.1) is 0 Å². The van der Waals surface area contributed by atoms with Crippen molar-refractivity contribution in [2.75, 3.05) is 6.61 Å². The molecular formula is C14H15NaO4S4. The Balaban J connectivity index is 0.00000192. The Labute approximate surface area is 169 Å². The minimum absolute atomic E-state index is 0. The van der Waals surface area contributed by atoms with E-state index in [-0.39, 0.29) is 40.2 Å². The number of benzene rings is 1. The molecule has 2 aromatic rings. The predicted octanol–water partition coefficient (Wildman–Crippen LogP) is 3.69. The van der Waals surface area contributed by atoms with Crippen LogP contribution in [0.2, 0.25) is 0 Å². The summed E-state index contributed by atoms with van der Waals surface area (Å²) in [6.45, 7) is 2.35. The first-order valence-corrected chi connectivity index (χ1v) is 10.8. The summed E-state index contributed by atoms with van der Waals surface area (Å²) in [6, 6.07) is 3.26. The van der Waals surface area contributed by atoms with Gasteiger partial charge in [0.25, 0.3) is 10.1 Å². The molecular weight excluding hydrogens is 383 g/mol. The Morgan fingerprint density at radius 3 is 2.70 bits per heavy atom. The zero-order valence-corrected chi connectivity index (χ0v) is 15.1. The summed E-state index contributed by atoms with van der Waals surface area (Å²) in [5.41, 5.74) is 2.99. The maximum atomic E-state index is 11.7. The topological polar surface area (TPSA) is 63.6 Å². The van der Waals surface area contributed by atoms with Crippen LogP contribution in [0.5, 0.6) is 5.75 Å². The fraction of sp³-hybridized carbons (Fsp3) is 0.357. The van der Waals surface area contributed by atoms with Crippen LogP contribution in [0.25, 0.3) is 10.4 Å². The summed E-state index contributed by atoms with van der Waals surface area (Å²) in [5.74, 6) is 0.227. The van der Waals surface area contributed by atoms with Crippen LogP contribution in [0.3, 0.4) is 0 Å². The van der Waals surface area contributed by atoms with Gasteiger partial charge in [-0.25, -0.2) is 0 Å². The molecule has 1 aromatic carbocycles. The van der Waals surface area contributed by atoms with Crippen molar-refractivity contribution in [3.63, 3.8) is 0 Å². The number of hydrogen-bond acceptors (Lipinski definition) is 6. The van der Waals surface area contributed by atoms with Gasteiger partial charge in [0.2, 0.25) is 0 Å². The van der Waals surface area contributed by atoms with Gasteiger partial charge >= 0.3 is 29.6 Å². The molecule has 0 aliphatic heterocycles. The molecule has 1 aliphatic rings. The number of ether oxygens (including phenoxy) is 1. The van der Waals surface area contributed by atoms with Gasteiger partial charge in [-0.2, -0.15) is 8.42 Å². The van der Waals surface area contributed by atoms with E-state index in [4.69, 9.17) is 17.0 Å². The van der Waals surface area contributed by atoms with Crippen LogP contribution in [0.15, 0.2) is 17.0 Å². The summed E-state index contributed by atoms with van der Waals surface area (Å²) in [4.78, 5) is 0.847. The molecule has 120 valence electrons. The molecule has 0 fully saturated rings. The van der Waals surface area contributed by atoms with E-state index in [0.717, 1.165) is 44.7 Å². The van der Waals surface area contributed by atoms with Crippen LogP contribution in [-0.4, -0.2) is 49.1 Å². The third-order valence-electron chi connectivity index (χ3n) is 3.52. The van der Waals surface area contributed by atoms with E-state index in [1.54, 1.807) is 16.4 Å². The SMILES string of the molecule is CCCOc1cc2c(cc1S(=O)(=O)O)-c1ssc(=S)c1CC2.[NaH].